The Morgan fingerprint density at radius 3 is 2.67 bits per heavy atom. The molecular formula is C14H20N2OS. The second-order valence-corrected chi connectivity index (χ2v) is 6.60. The standard InChI is InChI=1S/C14H20N2OS/c1-10-15-12(9-18-10)8-16(13-6-7-13)14(17)11-4-2-3-5-11/h9,11,13H,2-8H2,1H3. The maximum Gasteiger partial charge on any atom is 0.226 e. The first-order valence-corrected chi connectivity index (χ1v) is 7.83. The molecule has 1 amide bonds. The topological polar surface area (TPSA) is 33.2 Å². The Balaban J connectivity index is 1.69. The summed E-state index contributed by atoms with van der Waals surface area (Å²) in [6.45, 7) is 2.75. The third kappa shape index (κ3) is 2.58. The van der Waals surface area contributed by atoms with Crippen molar-refractivity contribution >= 4 is 17.2 Å². The van der Waals surface area contributed by atoms with Gasteiger partial charge in [0.1, 0.15) is 0 Å². The largest absolute Gasteiger partial charge is 0.334 e. The molecule has 0 bridgehead atoms. The average Bonchev–Trinajstić information content (AvgIpc) is 2.89. The highest BCUT2D eigenvalue weighted by Gasteiger charge is 2.36. The molecule has 4 heteroatoms. The van der Waals surface area contributed by atoms with Crippen molar-refractivity contribution in [1.29, 1.82) is 0 Å². The fraction of sp³-hybridized carbons (Fsp3) is 0.714. The minimum absolute atomic E-state index is 0.297. The first-order valence-electron chi connectivity index (χ1n) is 6.95. The van der Waals surface area contributed by atoms with Gasteiger partial charge < -0.3 is 4.90 Å². The highest BCUT2D eigenvalue weighted by atomic mass is 32.1. The zero-order valence-electron chi connectivity index (χ0n) is 10.9. The van der Waals surface area contributed by atoms with Crippen LogP contribution in [-0.4, -0.2) is 21.8 Å². The van der Waals surface area contributed by atoms with Crippen LogP contribution in [0, 0.1) is 12.8 Å². The van der Waals surface area contributed by atoms with Gasteiger partial charge in [-0.2, -0.15) is 0 Å². The second-order valence-electron chi connectivity index (χ2n) is 5.54. The molecule has 0 saturated heterocycles. The van der Waals surface area contributed by atoms with Crippen LogP contribution in [0.25, 0.3) is 0 Å². The van der Waals surface area contributed by atoms with Crippen LogP contribution in [0.4, 0.5) is 0 Å². The van der Waals surface area contributed by atoms with Gasteiger partial charge in [0.15, 0.2) is 0 Å². The molecule has 18 heavy (non-hydrogen) atoms. The normalized spacial score (nSPS) is 20.3. The first-order chi connectivity index (χ1) is 8.74. The molecule has 98 valence electrons. The Hall–Kier alpha value is -0.900. The molecule has 0 spiro atoms. The van der Waals surface area contributed by atoms with Gasteiger partial charge in [-0.15, -0.1) is 11.3 Å². The Morgan fingerprint density at radius 1 is 1.39 bits per heavy atom. The minimum atomic E-state index is 0.297. The Kier molecular flexibility index (Phi) is 3.37. The molecule has 1 heterocycles. The maximum atomic E-state index is 12.5. The van der Waals surface area contributed by atoms with Gasteiger partial charge in [0.2, 0.25) is 5.91 Å². The quantitative estimate of drug-likeness (QED) is 0.837. The molecule has 0 aliphatic heterocycles. The van der Waals surface area contributed by atoms with E-state index < -0.39 is 0 Å². The molecular weight excluding hydrogens is 244 g/mol. The van der Waals surface area contributed by atoms with E-state index in [1.165, 1.54) is 25.7 Å². The summed E-state index contributed by atoms with van der Waals surface area (Å²) in [6, 6.07) is 0.500. The van der Waals surface area contributed by atoms with Crippen molar-refractivity contribution in [3.63, 3.8) is 0 Å². The average molecular weight is 264 g/mol. The first kappa shape index (κ1) is 12.2. The fourth-order valence-electron chi connectivity index (χ4n) is 2.84. The zero-order chi connectivity index (χ0) is 12.5. The molecule has 3 nitrogen and oxygen atoms in total. The molecule has 0 aromatic carbocycles. The van der Waals surface area contributed by atoms with Gasteiger partial charge in [0.05, 0.1) is 17.2 Å². The minimum Gasteiger partial charge on any atom is -0.334 e. The number of hydrogen-bond donors (Lipinski definition) is 0. The van der Waals surface area contributed by atoms with Crippen LogP contribution in [0.15, 0.2) is 5.38 Å². The summed E-state index contributed by atoms with van der Waals surface area (Å²) in [7, 11) is 0. The summed E-state index contributed by atoms with van der Waals surface area (Å²) in [5, 5.41) is 3.18. The summed E-state index contributed by atoms with van der Waals surface area (Å²) in [5.41, 5.74) is 1.07. The predicted molar refractivity (Wildman–Crippen MR) is 72.4 cm³/mol. The van der Waals surface area contributed by atoms with Crippen molar-refractivity contribution in [2.75, 3.05) is 0 Å². The van der Waals surface area contributed by atoms with Gasteiger partial charge in [-0.3, -0.25) is 4.79 Å². The van der Waals surface area contributed by atoms with E-state index >= 15 is 0 Å². The summed E-state index contributed by atoms with van der Waals surface area (Å²) >= 11 is 1.67. The van der Waals surface area contributed by atoms with Crippen LogP contribution in [0.5, 0.6) is 0 Å². The molecule has 2 saturated carbocycles. The van der Waals surface area contributed by atoms with Gasteiger partial charge in [0, 0.05) is 17.3 Å². The number of amides is 1. The number of aryl methyl sites for hydroxylation is 1. The van der Waals surface area contributed by atoms with Crippen molar-refractivity contribution < 1.29 is 4.79 Å². The van der Waals surface area contributed by atoms with Crippen LogP contribution in [0.2, 0.25) is 0 Å². The second kappa shape index (κ2) is 5.00. The molecule has 0 unspecified atom stereocenters. The Bertz CT molecular complexity index is 433. The lowest BCUT2D eigenvalue weighted by Gasteiger charge is -2.24. The van der Waals surface area contributed by atoms with Gasteiger partial charge in [0.25, 0.3) is 0 Å². The van der Waals surface area contributed by atoms with Gasteiger partial charge in [-0.25, -0.2) is 4.98 Å². The van der Waals surface area contributed by atoms with Crippen molar-refractivity contribution in [3.8, 4) is 0 Å². The highest BCUT2D eigenvalue weighted by molar-refractivity contribution is 7.09. The maximum absolute atomic E-state index is 12.5. The molecule has 2 fully saturated rings. The monoisotopic (exact) mass is 264 g/mol. The smallest absolute Gasteiger partial charge is 0.226 e. The van der Waals surface area contributed by atoms with E-state index in [1.807, 2.05) is 6.92 Å². The highest BCUT2D eigenvalue weighted by Crippen LogP contribution is 2.34. The molecule has 0 radical (unpaired) electrons. The molecule has 1 aromatic rings. The lowest BCUT2D eigenvalue weighted by molar-refractivity contribution is -0.136. The molecule has 2 aliphatic carbocycles. The Labute approximate surface area is 112 Å². The number of aromatic nitrogens is 1. The molecule has 1 aromatic heterocycles. The van der Waals surface area contributed by atoms with Crippen LogP contribution < -0.4 is 0 Å². The fourth-order valence-corrected chi connectivity index (χ4v) is 3.44. The molecule has 0 atom stereocenters. The zero-order valence-corrected chi connectivity index (χ0v) is 11.7. The Morgan fingerprint density at radius 2 is 2.11 bits per heavy atom. The summed E-state index contributed by atoms with van der Waals surface area (Å²) in [5.74, 6) is 0.686. The SMILES string of the molecule is Cc1nc(CN(C(=O)C2CCCC2)C2CC2)cs1. The van der Waals surface area contributed by atoms with Crippen molar-refractivity contribution in [2.24, 2.45) is 5.92 Å². The van der Waals surface area contributed by atoms with E-state index in [9.17, 15) is 4.79 Å². The summed E-state index contributed by atoms with van der Waals surface area (Å²) in [6.07, 6.45) is 7.01. The van der Waals surface area contributed by atoms with E-state index in [1.54, 1.807) is 11.3 Å². The van der Waals surface area contributed by atoms with Gasteiger partial charge in [-0.05, 0) is 32.6 Å². The van der Waals surface area contributed by atoms with E-state index in [-0.39, 0.29) is 0 Å². The number of thiazole rings is 1. The van der Waals surface area contributed by atoms with Crippen molar-refractivity contribution in [3.05, 3.63) is 16.1 Å². The summed E-state index contributed by atoms with van der Waals surface area (Å²) < 4.78 is 0. The third-order valence-corrected chi connectivity index (χ3v) is 4.80. The number of rotatable bonds is 4. The number of carbonyl (C=O) groups excluding carboxylic acids is 1. The van der Waals surface area contributed by atoms with Gasteiger partial charge >= 0.3 is 0 Å². The van der Waals surface area contributed by atoms with Crippen LogP contribution in [0.3, 0.4) is 0 Å². The lowest BCUT2D eigenvalue weighted by atomic mass is 10.1. The molecule has 0 N–H and O–H groups in total. The summed E-state index contributed by atoms with van der Waals surface area (Å²) in [4.78, 5) is 19.1. The predicted octanol–water partition coefficient (Wildman–Crippen LogP) is 3.13. The third-order valence-electron chi connectivity index (χ3n) is 3.97. The van der Waals surface area contributed by atoms with Crippen LogP contribution in [-0.2, 0) is 11.3 Å². The lowest BCUT2D eigenvalue weighted by Crippen LogP contribution is -2.36. The van der Waals surface area contributed by atoms with Crippen LogP contribution >= 0.6 is 11.3 Å². The molecule has 3 rings (SSSR count). The number of nitrogens with zero attached hydrogens (tertiary/aromatic N) is 2. The van der Waals surface area contributed by atoms with Crippen LogP contribution in [0.1, 0.15) is 49.2 Å². The van der Waals surface area contributed by atoms with E-state index in [0.29, 0.717) is 17.9 Å². The molecule has 2 aliphatic rings. The van der Waals surface area contributed by atoms with E-state index in [2.05, 4.69) is 15.3 Å². The number of carbonyl (C=O) groups is 1. The number of hydrogen-bond acceptors (Lipinski definition) is 3. The van der Waals surface area contributed by atoms with E-state index in [4.69, 9.17) is 0 Å². The van der Waals surface area contributed by atoms with Gasteiger partial charge in [-0.1, -0.05) is 12.8 Å². The van der Waals surface area contributed by atoms with Crippen molar-refractivity contribution in [2.45, 2.75) is 58.0 Å². The van der Waals surface area contributed by atoms with Crippen molar-refractivity contribution in [1.82, 2.24) is 9.88 Å². The van der Waals surface area contributed by atoms with E-state index in [0.717, 1.165) is 30.1 Å².